The molecule has 1 atom stereocenters. The summed E-state index contributed by atoms with van der Waals surface area (Å²) in [6.45, 7) is 8.88. The Labute approximate surface area is 131 Å². The number of aromatic nitrogens is 1. The SMILES string of the molecule is CC1CN(C(=O)c2ccccn2)CCN1C(=O)OC(C)(C)C. The standard InChI is InChI=1S/C16H23N3O3/c1-12-11-18(14(20)13-7-5-6-8-17-13)9-10-19(12)15(21)22-16(2,3)4/h5-8,12H,9-11H2,1-4H3. The van der Waals surface area contributed by atoms with E-state index in [1.54, 1.807) is 34.2 Å². The van der Waals surface area contributed by atoms with Crippen LogP contribution >= 0.6 is 0 Å². The fraction of sp³-hybridized carbons (Fsp3) is 0.562. The van der Waals surface area contributed by atoms with Crippen LogP contribution in [0.4, 0.5) is 4.79 Å². The van der Waals surface area contributed by atoms with E-state index in [1.165, 1.54) is 0 Å². The average Bonchev–Trinajstić information content (AvgIpc) is 2.45. The van der Waals surface area contributed by atoms with E-state index in [-0.39, 0.29) is 18.0 Å². The molecular weight excluding hydrogens is 282 g/mol. The molecule has 0 saturated carbocycles. The number of ether oxygens (including phenoxy) is 1. The van der Waals surface area contributed by atoms with Crippen molar-refractivity contribution in [1.82, 2.24) is 14.8 Å². The highest BCUT2D eigenvalue weighted by atomic mass is 16.6. The first-order valence-corrected chi connectivity index (χ1v) is 7.48. The van der Waals surface area contributed by atoms with Crippen LogP contribution in [0.2, 0.25) is 0 Å². The predicted molar refractivity (Wildman–Crippen MR) is 82.5 cm³/mol. The minimum Gasteiger partial charge on any atom is -0.444 e. The van der Waals surface area contributed by atoms with Crippen molar-refractivity contribution in [2.75, 3.05) is 19.6 Å². The fourth-order valence-electron chi connectivity index (χ4n) is 2.39. The molecule has 1 aromatic rings. The van der Waals surface area contributed by atoms with Gasteiger partial charge in [-0.1, -0.05) is 6.07 Å². The van der Waals surface area contributed by atoms with Gasteiger partial charge in [-0.25, -0.2) is 4.79 Å². The zero-order valence-electron chi connectivity index (χ0n) is 13.6. The van der Waals surface area contributed by atoms with Crippen LogP contribution in [0, 0.1) is 0 Å². The molecule has 22 heavy (non-hydrogen) atoms. The monoisotopic (exact) mass is 305 g/mol. The maximum absolute atomic E-state index is 12.4. The molecule has 0 spiro atoms. The van der Waals surface area contributed by atoms with E-state index in [0.717, 1.165) is 0 Å². The second-order valence-electron chi connectivity index (χ2n) is 6.49. The van der Waals surface area contributed by atoms with E-state index in [4.69, 9.17) is 4.74 Å². The van der Waals surface area contributed by atoms with Gasteiger partial charge in [0.05, 0.1) is 0 Å². The van der Waals surface area contributed by atoms with E-state index >= 15 is 0 Å². The second-order valence-corrected chi connectivity index (χ2v) is 6.49. The first-order chi connectivity index (χ1) is 10.3. The maximum atomic E-state index is 12.4. The molecule has 1 aliphatic rings. The molecule has 120 valence electrons. The van der Waals surface area contributed by atoms with Gasteiger partial charge in [0.1, 0.15) is 11.3 Å². The number of carbonyl (C=O) groups excluding carboxylic acids is 2. The van der Waals surface area contributed by atoms with Crippen molar-refractivity contribution in [2.24, 2.45) is 0 Å². The van der Waals surface area contributed by atoms with Crippen molar-refractivity contribution < 1.29 is 14.3 Å². The predicted octanol–water partition coefficient (Wildman–Crippen LogP) is 2.16. The molecule has 0 radical (unpaired) electrons. The Kier molecular flexibility index (Phi) is 4.68. The molecule has 1 aromatic heterocycles. The minimum atomic E-state index is -0.516. The molecule has 2 heterocycles. The molecule has 2 rings (SSSR count). The Bertz CT molecular complexity index is 539. The van der Waals surface area contributed by atoms with Crippen LogP contribution in [0.15, 0.2) is 24.4 Å². The summed E-state index contributed by atoms with van der Waals surface area (Å²) in [5.41, 5.74) is -0.0852. The van der Waals surface area contributed by atoms with Gasteiger partial charge in [0, 0.05) is 31.9 Å². The normalized spacial score (nSPS) is 19.0. The minimum absolute atomic E-state index is 0.0868. The zero-order chi connectivity index (χ0) is 16.3. The molecule has 1 aliphatic heterocycles. The molecule has 2 amide bonds. The van der Waals surface area contributed by atoms with E-state index in [2.05, 4.69) is 4.98 Å². The number of nitrogens with zero attached hydrogens (tertiary/aromatic N) is 3. The van der Waals surface area contributed by atoms with Gasteiger partial charge in [-0.2, -0.15) is 0 Å². The molecule has 6 nitrogen and oxygen atoms in total. The number of piperazine rings is 1. The van der Waals surface area contributed by atoms with Crippen LogP contribution in [-0.2, 0) is 4.74 Å². The first kappa shape index (κ1) is 16.3. The molecule has 1 fully saturated rings. The lowest BCUT2D eigenvalue weighted by Gasteiger charge is -2.40. The highest BCUT2D eigenvalue weighted by molar-refractivity contribution is 5.92. The molecule has 0 aromatic carbocycles. The lowest BCUT2D eigenvalue weighted by atomic mass is 10.1. The summed E-state index contributed by atoms with van der Waals surface area (Å²) in [6.07, 6.45) is 1.28. The Morgan fingerprint density at radius 3 is 2.55 bits per heavy atom. The number of pyridine rings is 1. The third-order valence-corrected chi connectivity index (χ3v) is 3.43. The van der Waals surface area contributed by atoms with Crippen molar-refractivity contribution >= 4 is 12.0 Å². The number of carbonyl (C=O) groups is 2. The maximum Gasteiger partial charge on any atom is 0.410 e. The van der Waals surface area contributed by atoms with Crippen LogP contribution in [0.25, 0.3) is 0 Å². The lowest BCUT2D eigenvalue weighted by Crippen LogP contribution is -2.56. The largest absolute Gasteiger partial charge is 0.444 e. The van der Waals surface area contributed by atoms with Crippen molar-refractivity contribution in [3.8, 4) is 0 Å². The van der Waals surface area contributed by atoms with E-state index in [0.29, 0.717) is 25.3 Å². The van der Waals surface area contributed by atoms with Crippen molar-refractivity contribution in [3.63, 3.8) is 0 Å². The quantitative estimate of drug-likeness (QED) is 0.797. The summed E-state index contributed by atoms with van der Waals surface area (Å²) in [7, 11) is 0. The summed E-state index contributed by atoms with van der Waals surface area (Å²) >= 11 is 0. The third kappa shape index (κ3) is 3.96. The third-order valence-electron chi connectivity index (χ3n) is 3.43. The zero-order valence-corrected chi connectivity index (χ0v) is 13.6. The summed E-state index contributed by atoms with van der Waals surface area (Å²) in [6, 6.07) is 5.18. The average molecular weight is 305 g/mol. The van der Waals surface area contributed by atoms with E-state index < -0.39 is 5.60 Å². The van der Waals surface area contributed by atoms with E-state index in [1.807, 2.05) is 27.7 Å². The number of amides is 2. The fourth-order valence-corrected chi connectivity index (χ4v) is 2.39. The molecular formula is C16H23N3O3. The first-order valence-electron chi connectivity index (χ1n) is 7.48. The summed E-state index contributed by atoms with van der Waals surface area (Å²) in [4.78, 5) is 32.0. The summed E-state index contributed by atoms with van der Waals surface area (Å²) in [5.74, 6) is -0.101. The van der Waals surface area contributed by atoms with Crippen molar-refractivity contribution in [1.29, 1.82) is 0 Å². The second kappa shape index (κ2) is 6.34. The lowest BCUT2D eigenvalue weighted by molar-refractivity contribution is 0.00190. The van der Waals surface area contributed by atoms with Gasteiger partial charge in [-0.3, -0.25) is 9.78 Å². The molecule has 0 N–H and O–H groups in total. The Balaban J connectivity index is 1.98. The van der Waals surface area contributed by atoms with Gasteiger partial charge in [0.15, 0.2) is 0 Å². The Hall–Kier alpha value is -2.11. The Morgan fingerprint density at radius 2 is 2.00 bits per heavy atom. The number of hydrogen-bond acceptors (Lipinski definition) is 4. The van der Waals surface area contributed by atoms with Crippen LogP contribution in [0.1, 0.15) is 38.2 Å². The highest BCUT2D eigenvalue weighted by Crippen LogP contribution is 2.16. The van der Waals surface area contributed by atoms with Gasteiger partial charge in [-0.15, -0.1) is 0 Å². The molecule has 1 saturated heterocycles. The van der Waals surface area contributed by atoms with Gasteiger partial charge in [-0.05, 0) is 39.8 Å². The summed E-state index contributed by atoms with van der Waals surface area (Å²) < 4.78 is 5.40. The molecule has 0 aliphatic carbocycles. The smallest absolute Gasteiger partial charge is 0.410 e. The van der Waals surface area contributed by atoms with Crippen LogP contribution in [0.5, 0.6) is 0 Å². The van der Waals surface area contributed by atoms with Gasteiger partial charge >= 0.3 is 6.09 Å². The molecule has 1 unspecified atom stereocenters. The van der Waals surface area contributed by atoms with Crippen molar-refractivity contribution in [2.45, 2.75) is 39.3 Å². The van der Waals surface area contributed by atoms with Crippen molar-refractivity contribution in [3.05, 3.63) is 30.1 Å². The van der Waals surface area contributed by atoms with Gasteiger partial charge < -0.3 is 14.5 Å². The van der Waals surface area contributed by atoms with E-state index in [9.17, 15) is 9.59 Å². The summed E-state index contributed by atoms with van der Waals surface area (Å²) in [5, 5.41) is 0. The van der Waals surface area contributed by atoms with Gasteiger partial charge in [0.2, 0.25) is 0 Å². The number of rotatable bonds is 1. The highest BCUT2D eigenvalue weighted by Gasteiger charge is 2.32. The van der Waals surface area contributed by atoms with Crippen LogP contribution < -0.4 is 0 Å². The van der Waals surface area contributed by atoms with Gasteiger partial charge in [0.25, 0.3) is 5.91 Å². The molecule has 0 bridgehead atoms. The molecule has 6 heteroatoms. The van der Waals surface area contributed by atoms with Crippen LogP contribution in [0.3, 0.4) is 0 Å². The van der Waals surface area contributed by atoms with Crippen LogP contribution in [-0.4, -0.2) is 58.1 Å². The number of hydrogen-bond donors (Lipinski definition) is 0. The topological polar surface area (TPSA) is 62.7 Å². The Morgan fingerprint density at radius 1 is 1.27 bits per heavy atom.